The number of benzene rings is 1. The van der Waals surface area contributed by atoms with E-state index in [0.29, 0.717) is 24.7 Å². The number of morpholine rings is 1. The molecule has 0 saturated carbocycles. The summed E-state index contributed by atoms with van der Waals surface area (Å²) in [4.78, 5) is 14.2. The molecule has 0 aliphatic carbocycles. The van der Waals surface area contributed by atoms with Crippen LogP contribution in [0.1, 0.15) is 19.4 Å². The van der Waals surface area contributed by atoms with Crippen molar-refractivity contribution in [3.63, 3.8) is 0 Å². The second-order valence-electron chi connectivity index (χ2n) is 4.84. The molecule has 0 aromatic heterocycles. The first-order chi connectivity index (χ1) is 8.58. The Labute approximate surface area is 113 Å². The average Bonchev–Trinajstić information content (AvgIpc) is 2.32. The van der Waals surface area contributed by atoms with Crippen LogP contribution in [0.4, 0.5) is 0 Å². The van der Waals surface area contributed by atoms with E-state index in [2.05, 4.69) is 0 Å². The first-order valence-corrected chi connectivity index (χ1v) is 6.59. The van der Waals surface area contributed by atoms with E-state index in [0.717, 1.165) is 5.56 Å². The van der Waals surface area contributed by atoms with Gasteiger partial charge in [0.2, 0.25) is 5.91 Å². The van der Waals surface area contributed by atoms with Crippen LogP contribution in [0.3, 0.4) is 0 Å². The fourth-order valence-electron chi connectivity index (χ4n) is 2.36. The van der Waals surface area contributed by atoms with Crippen molar-refractivity contribution < 1.29 is 9.53 Å². The Morgan fingerprint density at radius 3 is 2.39 bits per heavy atom. The largest absolute Gasteiger partial charge is 0.377 e. The van der Waals surface area contributed by atoms with Gasteiger partial charge in [0, 0.05) is 5.02 Å². The van der Waals surface area contributed by atoms with Gasteiger partial charge >= 0.3 is 0 Å². The molecule has 1 aliphatic heterocycles. The maximum absolute atomic E-state index is 12.3. The molecule has 18 heavy (non-hydrogen) atoms. The van der Waals surface area contributed by atoms with Gasteiger partial charge in [0.1, 0.15) is 0 Å². The predicted octanol–water partition coefficient (Wildman–Crippen LogP) is 2.52. The second kappa shape index (κ2) is 5.72. The number of carbonyl (C=O) groups is 1. The van der Waals surface area contributed by atoms with Gasteiger partial charge in [0.25, 0.3) is 0 Å². The molecule has 2 rings (SSSR count). The van der Waals surface area contributed by atoms with Crippen molar-refractivity contribution in [1.29, 1.82) is 0 Å². The van der Waals surface area contributed by atoms with Crippen molar-refractivity contribution in [2.75, 3.05) is 13.2 Å². The minimum absolute atomic E-state index is 0.147. The molecule has 0 bridgehead atoms. The number of hydrogen-bond acceptors (Lipinski definition) is 2. The van der Waals surface area contributed by atoms with Crippen LogP contribution in [0.5, 0.6) is 0 Å². The normalized spacial score (nSPS) is 24.1. The van der Waals surface area contributed by atoms with Gasteiger partial charge in [-0.2, -0.15) is 0 Å². The summed E-state index contributed by atoms with van der Waals surface area (Å²) in [5.41, 5.74) is 0.996. The highest BCUT2D eigenvalue weighted by Crippen LogP contribution is 2.16. The Bertz CT molecular complexity index is 408. The third kappa shape index (κ3) is 3.03. The maximum atomic E-state index is 12.3. The van der Waals surface area contributed by atoms with E-state index in [1.807, 2.05) is 43.0 Å². The minimum Gasteiger partial charge on any atom is -0.377 e. The third-order valence-electron chi connectivity index (χ3n) is 3.22. The van der Waals surface area contributed by atoms with Crippen molar-refractivity contribution in [3.8, 4) is 0 Å². The van der Waals surface area contributed by atoms with E-state index in [1.165, 1.54) is 0 Å². The third-order valence-corrected chi connectivity index (χ3v) is 3.48. The van der Waals surface area contributed by atoms with E-state index < -0.39 is 0 Å². The quantitative estimate of drug-likeness (QED) is 0.824. The van der Waals surface area contributed by atoms with Gasteiger partial charge in [-0.25, -0.2) is 0 Å². The Kier molecular flexibility index (Phi) is 4.25. The maximum Gasteiger partial charge on any atom is 0.227 e. The number of rotatable bonds is 2. The molecule has 1 heterocycles. The van der Waals surface area contributed by atoms with Crippen LogP contribution < -0.4 is 0 Å². The van der Waals surface area contributed by atoms with E-state index in [1.54, 1.807) is 0 Å². The summed E-state index contributed by atoms with van der Waals surface area (Å²) in [7, 11) is 0. The lowest BCUT2D eigenvalue weighted by molar-refractivity contribution is -0.143. The molecule has 1 saturated heterocycles. The number of amides is 1. The zero-order valence-electron chi connectivity index (χ0n) is 10.7. The Hall–Kier alpha value is -1.06. The molecule has 0 radical (unpaired) electrons. The van der Waals surface area contributed by atoms with Gasteiger partial charge in [0.15, 0.2) is 0 Å². The zero-order chi connectivity index (χ0) is 13.1. The lowest BCUT2D eigenvalue weighted by Gasteiger charge is -2.38. The molecule has 2 unspecified atom stereocenters. The van der Waals surface area contributed by atoms with Crippen molar-refractivity contribution in [2.24, 2.45) is 0 Å². The standard InChI is InChI=1S/C14H18ClNO2/c1-10-8-18-9-11(2)16(10)14(17)7-12-3-5-13(15)6-4-12/h3-6,10-11H,7-9H2,1-2H3. The van der Waals surface area contributed by atoms with Gasteiger partial charge < -0.3 is 9.64 Å². The van der Waals surface area contributed by atoms with Gasteiger partial charge in [-0.15, -0.1) is 0 Å². The van der Waals surface area contributed by atoms with Crippen LogP contribution in [0.25, 0.3) is 0 Å². The molecular formula is C14H18ClNO2. The van der Waals surface area contributed by atoms with Crippen molar-refractivity contribution >= 4 is 17.5 Å². The summed E-state index contributed by atoms with van der Waals surface area (Å²) in [5.74, 6) is 0.153. The fourth-order valence-corrected chi connectivity index (χ4v) is 2.49. The van der Waals surface area contributed by atoms with Crippen LogP contribution >= 0.6 is 11.6 Å². The SMILES string of the molecule is CC1COCC(C)N1C(=O)Cc1ccc(Cl)cc1. The van der Waals surface area contributed by atoms with E-state index in [9.17, 15) is 4.79 Å². The molecule has 98 valence electrons. The molecule has 3 nitrogen and oxygen atoms in total. The Morgan fingerprint density at radius 1 is 1.28 bits per heavy atom. The van der Waals surface area contributed by atoms with E-state index in [4.69, 9.17) is 16.3 Å². The number of carbonyl (C=O) groups excluding carboxylic acids is 1. The van der Waals surface area contributed by atoms with Crippen molar-refractivity contribution in [3.05, 3.63) is 34.9 Å². The molecule has 1 aromatic rings. The average molecular weight is 268 g/mol. The zero-order valence-corrected chi connectivity index (χ0v) is 11.5. The Morgan fingerprint density at radius 2 is 1.83 bits per heavy atom. The van der Waals surface area contributed by atoms with Gasteiger partial charge in [0.05, 0.1) is 31.7 Å². The van der Waals surface area contributed by atoms with Crippen LogP contribution in [0.2, 0.25) is 5.02 Å². The molecule has 1 fully saturated rings. The number of nitrogens with zero attached hydrogens (tertiary/aromatic N) is 1. The van der Waals surface area contributed by atoms with Gasteiger partial charge in [-0.3, -0.25) is 4.79 Å². The molecule has 0 spiro atoms. The molecule has 4 heteroatoms. The number of halogens is 1. The molecular weight excluding hydrogens is 250 g/mol. The van der Waals surface area contributed by atoms with Crippen molar-refractivity contribution in [1.82, 2.24) is 4.90 Å². The summed E-state index contributed by atoms with van der Waals surface area (Å²) < 4.78 is 5.43. The van der Waals surface area contributed by atoms with Crippen LogP contribution in [-0.2, 0) is 16.0 Å². The van der Waals surface area contributed by atoms with Crippen LogP contribution in [0.15, 0.2) is 24.3 Å². The minimum atomic E-state index is 0.147. The Balaban J connectivity index is 2.04. The summed E-state index contributed by atoms with van der Waals surface area (Å²) >= 11 is 5.83. The first-order valence-electron chi connectivity index (χ1n) is 6.21. The second-order valence-corrected chi connectivity index (χ2v) is 5.28. The lowest BCUT2D eigenvalue weighted by atomic mass is 10.1. The smallest absolute Gasteiger partial charge is 0.227 e. The number of ether oxygens (including phenoxy) is 1. The number of hydrogen-bond donors (Lipinski definition) is 0. The lowest BCUT2D eigenvalue weighted by Crippen LogP contribution is -2.53. The highest BCUT2D eigenvalue weighted by molar-refractivity contribution is 6.30. The molecule has 1 amide bonds. The molecule has 1 aliphatic rings. The summed E-state index contributed by atoms with van der Waals surface area (Å²) in [6.45, 7) is 5.29. The fraction of sp³-hybridized carbons (Fsp3) is 0.500. The van der Waals surface area contributed by atoms with Crippen molar-refractivity contribution in [2.45, 2.75) is 32.4 Å². The molecule has 0 N–H and O–H groups in total. The monoisotopic (exact) mass is 267 g/mol. The summed E-state index contributed by atoms with van der Waals surface area (Å²) in [5, 5.41) is 0.694. The highest BCUT2D eigenvalue weighted by atomic mass is 35.5. The topological polar surface area (TPSA) is 29.5 Å². The van der Waals surface area contributed by atoms with E-state index in [-0.39, 0.29) is 18.0 Å². The highest BCUT2D eigenvalue weighted by Gasteiger charge is 2.29. The molecule has 2 atom stereocenters. The summed E-state index contributed by atoms with van der Waals surface area (Å²) in [6, 6.07) is 7.72. The van der Waals surface area contributed by atoms with Crippen LogP contribution in [-0.4, -0.2) is 36.1 Å². The summed E-state index contributed by atoms with van der Waals surface area (Å²) in [6.07, 6.45) is 0.422. The van der Waals surface area contributed by atoms with Gasteiger partial charge in [-0.05, 0) is 31.5 Å². The predicted molar refractivity (Wildman–Crippen MR) is 71.7 cm³/mol. The van der Waals surface area contributed by atoms with E-state index >= 15 is 0 Å². The van der Waals surface area contributed by atoms with Crippen LogP contribution in [0, 0.1) is 0 Å². The first kappa shape index (κ1) is 13.4. The molecule has 1 aromatic carbocycles. The van der Waals surface area contributed by atoms with Gasteiger partial charge in [-0.1, -0.05) is 23.7 Å².